The van der Waals surface area contributed by atoms with E-state index in [0.717, 1.165) is 16.8 Å². The van der Waals surface area contributed by atoms with Gasteiger partial charge in [0.05, 0.1) is 17.9 Å². The Balaban J connectivity index is 1.56. The lowest BCUT2D eigenvalue weighted by molar-refractivity contribution is 0.0860. The summed E-state index contributed by atoms with van der Waals surface area (Å²) < 4.78 is 6.83. The number of hydrogen-bond acceptors (Lipinski definition) is 4. The van der Waals surface area contributed by atoms with Crippen LogP contribution < -0.4 is 5.32 Å². The van der Waals surface area contributed by atoms with Gasteiger partial charge in [-0.1, -0.05) is 42.5 Å². The van der Waals surface area contributed by atoms with Gasteiger partial charge >= 0.3 is 6.09 Å². The molecule has 7 nitrogen and oxygen atoms in total. The highest BCUT2D eigenvalue weighted by Gasteiger charge is 2.27. The fraction of sp³-hybridized carbons (Fsp3) is 0.320. The van der Waals surface area contributed by atoms with Gasteiger partial charge in [0, 0.05) is 30.9 Å². The molecule has 166 valence electrons. The van der Waals surface area contributed by atoms with Gasteiger partial charge < -0.3 is 15.0 Å². The highest BCUT2D eigenvalue weighted by molar-refractivity contribution is 6.00. The summed E-state index contributed by atoms with van der Waals surface area (Å²) in [6.45, 7) is 5.31. The number of piperidine rings is 1. The smallest absolute Gasteiger partial charge is 0.409 e. The molecule has 0 saturated carbocycles. The molecule has 0 bridgehead atoms. The van der Waals surface area contributed by atoms with Gasteiger partial charge in [-0.3, -0.25) is 4.79 Å². The van der Waals surface area contributed by atoms with E-state index in [2.05, 4.69) is 5.32 Å². The van der Waals surface area contributed by atoms with Crippen LogP contribution in [0.4, 0.5) is 4.79 Å². The van der Waals surface area contributed by atoms with E-state index < -0.39 is 0 Å². The molecule has 2 aromatic carbocycles. The van der Waals surface area contributed by atoms with E-state index in [9.17, 15) is 9.59 Å². The van der Waals surface area contributed by atoms with Gasteiger partial charge in [0.25, 0.3) is 5.91 Å². The second-order valence-corrected chi connectivity index (χ2v) is 7.92. The van der Waals surface area contributed by atoms with E-state index >= 15 is 0 Å². The van der Waals surface area contributed by atoms with E-state index in [1.54, 1.807) is 22.7 Å². The molecule has 0 radical (unpaired) electrons. The number of rotatable bonds is 5. The van der Waals surface area contributed by atoms with Gasteiger partial charge in [0.1, 0.15) is 5.69 Å². The van der Waals surface area contributed by atoms with Gasteiger partial charge in [-0.25, -0.2) is 9.48 Å². The number of aryl methyl sites for hydroxylation is 1. The first kappa shape index (κ1) is 21.6. The minimum Gasteiger partial charge on any atom is -0.450 e. The molecule has 1 aromatic heterocycles. The van der Waals surface area contributed by atoms with Crippen molar-refractivity contribution in [1.29, 1.82) is 0 Å². The zero-order chi connectivity index (χ0) is 22.5. The maximum absolute atomic E-state index is 13.3. The number of amides is 2. The van der Waals surface area contributed by atoms with Crippen LogP contribution in [0.3, 0.4) is 0 Å². The first-order valence-electron chi connectivity index (χ1n) is 11.0. The average Bonchev–Trinajstić information content (AvgIpc) is 3.26. The Hall–Kier alpha value is -3.61. The number of ether oxygens (including phenoxy) is 1. The van der Waals surface area contributed by atoms with E-state index in [0.29, 0.717) is 43.8 Å². The monoisotopic (exact) mass is 432 g/mol. The van der Waals surface area contributed by atoms with Gasteiger partial charge in [-0.15, -0.1) is 0 Å². The fourth-order valence-electron chi connectivity index (χ4n) is 3.97. The molecule has 2 heterocycles. The van der Waals surface area contributed by atoms with Gasteiger partial charge in [0.15, 0.2) is 0 Å². The lowest BCUT2D eigenvalue weighted by Gasteiger charge is -2.31. The number of carbonyl (C=O) groups is 2. The largest absolute Gasteiger partial charge is 0.450 e. The number of nitrogens with zero attached hydrogens (tertiary/aromatic N) is 3. The molecule has 32 heavy (non-hydrogen) atoms. The summed E-state index contributed by atoms with van der Waals surface area (Å²) in [6, 6.07) is 17.7. The number of para-hydroxylation sites is 1. The highest BCUT2D eigenvalue weighted by atomic mass is 16.6. The molecule has 0 aliphatic carbocycles. The third-order valence-corrected chi connectivity index (χ3v) is 5.74. The van der Waals surface area contributed by atoms with Crippen LogP contribution in [0.5, 0.6) is 0 Å². The third kappa shape index (κ3) is 4.66. The lowest BCUT2D eigenvalue weighted by Crippen LogP contribution is -2.46. The number of likely N-dealkylation sites (tertiary alicyclic amines) is 1. The molecular weight excluding hydrogens is 404 g/mol. The summed E-state index contributed by atoms with van der Waals surface area (Å²) in [5, 5.41) is 7.92. The molecule has 7 heteroatoms. The first-order chi connectivity index (χ1) is 15.6. The SMILES string of the molecule is CCOC(=O)N1CCC(NC(=O)c2cn(-c3ccccc3)nc2-c2ccccc2C)CC1. The summed E-state index contributed by atoms with van der Waals surface area (Å²) >= 11 is 0. The molecule has 2 amide bonds. The third-order valence-electron chi connectivity index (χ3n) is 5.74. The standard InChI is InChI=1S/C25H28N4O3/c1-3-32-25(31)28-15-13-19(14-16-28)26-24(30)22-17-29(20-10-5-4-6-11-20)27-23(22)21-12-8-7-9-18(21)2/h4-12,17,19H,3,13-16H2,1-2H3,(H,26,30). The van der Waals surface area contributed by atoms with Crippen molar-refractivity contribution in [3.8, 4) is 16.9 Å². The van der Waals surface area contributed by atoms with Crippen LogP contribution >= 0.6 is 0 Å². The Morgan fingerprint density at radius 3 is 2.44 bits per heavy atom. The van der Waals surface area contributed by atoms with Gasteiger partial charge in [-0.05, 0) is 44.4 Å². The van der Waals surface area contributed by atoms with Crippen LogP contribution in [0.25, 0.3) is 16.9 Å². The minimum absolute atomic E-state index is 0.00188. The van der Waals surface area contributed by atoms with Crippen molar-refractivity contribution in [3.63, 3.8) is 0 Å². The van der Waals surface area contributed by atoms with Crippen LogP contribution in [-0.4, -0.2) is 52.4 Å². The van der Waals surface area contributed by atoms with Crippen molar-refractivity contribution >= 4 is 12.0 Å². The quantitative estimate of drug-likeness (QED) is 0.656. The molecule has 0 unspecified atom stereocenters. The summed E-state index contributed by atoms with van der Waals surface area (Å²) in [4.78, 5) is 26.9. The molecule has 1 saturated heterocycles. The second-order valence-electron chi connectivity index (χ2n) is 7.92. The number of benzene rings is 2. The van der Waals surface area contributed by atoms with E-state index in [1.807, 2.05) is 61.5 Å². The molecule has 0 spiro atoms. The van der Waals surface area contributed by atoms with Crippen molar-refractivity contribution in [2.75, 3.05) is 19.7 Å². The summed E-state index contributed by atoms with van der Waals surface area (Å²) in [5.41, 5.74) is 4.08. The van der Waals surface area contributed by atoms with Crippen molar-refractivity contribution in [1.82, 2.24) is 20.0 Å². The zero-order valence-electron chi connectivity index (χ0n) is 18.5. The normalized spacial score (nSPS) is 14.2. The lowest BCUT2D eigenvalue weighted by atomic mass is 10.0. The topological polar surface area (TPSA) is 76.5 Å². The molecular formula is C25H28N4O3. The van der Waals surface area contributed by atoms with E-state index in [-0.39, 0.29) is 18.0 Å². The maximum atomic E-state index is 13.3. The molecule has 0 atom stereocenters. The summed E-state index contributed by atoms with van der Waals surface area (Å²) in [5.74, 6) is -0.153. The predicted molar refractivity (Wildman–Crippen MR) is 123 cm³/mol. The number of carbonyl (C=O) groups excluding carboxylic acids is 2. The van der Waals surface area contributed by atoms with Crippen molar-refractivity contribution in [2.24, 2.45) is 0 Å². The molecule has 3 aromatic rings. The van der Waals surface area contributed by atoms with Crippen LogP contribution in [-0.2, 0) is 4.74 Å². The van der Waals surface area contributed by atoms with Crippen LogP contribution in [0, 0.1) is 6.92 Å². The van der Waals surface area contributed by atoms with Gasteiger partial charge in [-0.2, -0.15) is 5.10 Å². The Labute approximate surface area is 188 Å². The predicted octanol–water partition coefficient (Wildman–Crippen LogP) is 4.20. The Kier molecular flexibility index (Phi) is 6.54. The summed E-state index contributed by atoms with van der Waals surface area (Å²) in [6.07, 6.45) is 2.89. The number of nitrogens with one attached hydrogen (secondary N) is 1. The Bertz CT molecular complexity index is 1090. The Morgan fingerprint density at radius 2 is 1.75 bits per heavy atom. The molecule has 4 rings (SSSR count). The van der Waals surface area contributed by atoms with Crippen LogP contribution in [0.15, 0.2) is 60.8 Å². The number of aromatic nitrogens is 2. The van der Waals surface area contributed by atoms with Crippen molar-refractivity contribution < 1.29 is 14.3 Å². The first-order valence-corrected chi connectivity index (χ1v) is 11.0. The Morgan fingerprint density at radius 1 is 1.06 bits per heavy atom. The minimum atomic E-state index is -0.289. The van der Waals surface area contributed by atoms with E-state index in [1.165, 1.54) is 0 Å². The van der Waals surface area contributed by atoms with Crippen LogP contribution in [0.1, 0.15) is 35.7 Å². The maximum Gasteiger partial charge on any atom is 0.409 e. The molecule has 1 aliphatic heterocycles. The molecule has 1 N–H and O–H groups in total. The second kappa shape index (κ2) is 9.68. The fourth-order valence-corrected chi connectivity index (χ4v) is 3.97. The highest BCUT2D eigenvalue weighted by Crippen LogP contribution is 2.27. The zero-order valence-corrected chi connectivity index (χ0v) is 18.5. The van der Waals surface area contributed by atoms with Gasteiger partial charge in [0.2, 0.25) is 0 Å². The van der Waals surface area contributed by atoms with Crippen LogP contribution in [0.2, 0.25) is 0 Å². The summed E-state index contributed by atoms with van der Waals surface area (Å²) in [7, 11) is 0. The molecule has 1 aliphatic rings. The van der Waals surface area contributed by atoms with Crippen molar-refractivity contribution in [2.45, 2.75) is 32.7 Å². The van der Waals surface area contributed by atoms with Crippen molar-refractivity contribution in [3.05, 3.63) is 71.9 Å². The number of hydrogen-bond donors (Lipinski definition) is 1. The van der Waals surface area contributed by atoms with E-state index in [4.69, 9.17) is 9.84 Å². The average molecular weight is 433 g/mol. The molecule has 1 fully saturated rings.